The maximum Gasteiger partial charge on any atom is 0.250 e. The Hall–Kier alpha value is -3.05. The molecule has 158 valence electrons. The molecule has 31 heavy (non-hydrogen) atoms. The molecule has 0 saturated heterocycles. The molecule has 0 atom stereocenters. The van der Waals surface area contributed by atoms with E-state index in [1.165, 1.54) is 24.5 Å². The molecule has 3 aromatic rings. The summed E-state index contributed by atoms with van der Waals surface area (Å²) < 4.78 is 10.5. The number of nitrogens with zero attached hydrogens (tertiary/aromatic N) is 2. The maximum atomic E-state index is 12.3. The Kier molecular flexibility index (Phi) is 7.90. The first kappa shape index (κ1) is 22.6. The van der Waals surface area contributed by atoms with Crippen LogP contribution >= 0.6 is 34.5 Å². The Morgan fingerprint density at radius 1 is 1.26 bits per heavy atom. The summed E-state index contributed by atoms with van der Waals surface area (Å²) in [5, 5.41) is 13.1. The fraction of sp³-hybridized carbons (Fsp3) is 0.136. The molecule has 0 aliphatic heterocycles. The van der Waals surface area contributed by atoms with E-state index in [0.29, 0.717) is 33.1 Å². The van der Waals surface area contributed by atoms with Crippen molar-refractivity contribution in [2.24, 2.45) is 0 Å². The van der Waals surface area contributed by atoms with E-state index < -0.39 is 0 Å². The lowest BCUT2D eigenvalue weighted by Crippen LogP contribution is -2.07. The van der Waals surface area contributed by atoms with Crippen LogP contribution in [0.1, 0.15) is 16.0 Å². The van der Waals surface area contributed by atoms with Gasteiger partial charge in [-0.05, 0) is 47.5 Å². The summed E-state index contributed by atoms with van der Waals surface area (Å²) in [6, 6.07) is 12.4. The Labute approximate surface area is 193 Å². The van der Waals surface area contributed by atoms with Crippen LogP contribution in [0.15, 0.2) is 48.7 Å². The number of amides is 1. The van der Waals surface area contributed by atoms with E-state index in [4.69, 9.17) is 37.9 Å². The van der Waals surface area contributed by atoms with Crippen LogP contribution in [0.5, 0.6) is 11.5 Å². The monoisotopic (exact) mass is 473 g/mol. The van der Waals surface area contributed by atoms with Crippen LogP contribution in [-0.4, -0.2) is 24.6 Å². The number of benzene rings is 2. The number of carbonyl (C=O) groups excluding carboxylic acids is 1. The zero-order valence-electron chi connectivity index (χ0n) is 16.4. The molecule has 1 heterocycles. The maximum absolute atomic E-state index is 12.3. The van der Waals surface area contributed by atoms with E-state index in [1.54, 1.807) is 42.6 Å². The summed E-state index contributed by atoms with van der Waals surface area (Å²) in [5.41, 5.74) is 1.64. The minimum absolute atomic E-state index is 0.0761. The van der Waals surface area contributed by atoms with Crippen LogP contribution in [0, 0.1) is 11.3 Å². The molecule has 0 fully saturated rings. The quantitative estimate of drug-likeness (QED) is 0.430. The second-order valence-corrected chi connectivity index (χ2v) is 8.18. The largest absolute Gasteiger partial charge is 0.493 e. The molecular weight excluding hydrogens is 457 g/mol. The molecule has 0 spiro atoms. The number of nitriles is 1. The summed E-state index contributed by atoms with van der Waals surface area (Å²) >= 11 is 13.6. The minimum atomic E-state index is -0.314. The molecule has 1 N–H and O–H groups in total. The van der Waals surface area contributed by atoms with Crippen molar-refractivity contribution >= 4 is 51.7 Å². The van der Waals surface area contributed by atoms with Crippen LogP contribution in [-0.2, 0) is 11.2 Å². The summed E-state index contributed by atoms with van der Waals surface area (Å²) in [4.78, 5) is 17.4. The highest BCUT2D eigenvalue weighted by Crippen LogP contribution is 2.29. The molecule has 0 radical (unpaired) electrons. The number of hydrogen-bond donors (Lipinski definition) is 1. The van der Waals surface area contributed by atoms with E-state index in [1.807, 2.05) is 12.1 Å². The van der Waals surface area contributed by atoms with Gasteiger partial charge in [0.1, 0.15) is 6.07 Å². The van der Waals surface area contributed by atoms with Crippen LogP contribution in [0.4, 0.5) is 5.13 Å². The van der Waals surface area contributed by atoms with Crippen LogP contribution in [0.3, 0.4) is 0 Å². The van der Waals surface area contributed by atoms with Crippen molar-refractivity contribution in [3.8, 4) is 17.6 Å². The SMILES string of the molecule is COc1cc(/C=C/C(=O)Nc2ncc(Cc3cc(Cl)ccc3Cl)s2)ccc1OCC#N. The van der Waals surface area contributed by atoms with Crippen molar-refractivity contribution in [3.05, 3.63) is 74.7 Å². The second kappa shape index (κ2) is 10.8. The smallest absolute Gasteiger partial charge is 0.250 e. The van der Waals surface area contributed by atoms with Gasteiger partial charge >= 0.3 is 0 Å². The average molecular weight is 474 g/mol. The summed E-state index contributed by atoms with van der Waals surface area (Å²) in [7, 11) is 1.51. The highest BCUT2D eigenvalue weighted by atomic mass is 35.5. The van der Waals surface area contributed by atoms with E-state index in [-0.39, 0.29) is 12.5 Å². The number of carbonyl (C=O) groups is 1. The lowest BCUT2D eigenvalue weighted by Gasteiger charge is -2.08. The Balaban J connectivity index is 1.61. The third kappa shape index (κ3) is 6.46. The molecular formula is C22H17Cl2N3O3S. The molecule has 9 heteroatoms. The molecule has 3 rings (SSSR count). The number of hydrogen-bond acceptors (Lipinski definition) is 6. The van der Waals surface area contributed by atoms with Crippen LogP contribution < -0.4 is 14.8 Å². The molecule has 1 amide bonds. The predicted molar refractivity (Wildman–Crippen MR) is 123 cm³/mol. The fourth-order valence-electron chi connectivity index (χ4n) is 2.65. The summed E-state index contributed by atoms with van der Waals surface area (Å²) in [5.74, 6) is 0.619. The normalized spacial score (nSPS) is 10.6. The number of nitrogens with one attached hydrogen (secondary N) is 1. The molecule has 6 nitrogen and oxygen atoms in total. The van der Waals surface area contributed by atoms with E-state index in [0.717, 1.165) is 16.0 Å². The highest BCUT2D eigenvalue weighted by Gasteiger charge is 2.09. The van der Waals surface area contributed by atoms with Crippen molar-refractivity contribution in [1.82, 2.24) is 4.98 Å². The minimum Gasteiger partial charge on any atom is -0.493 e. The van der Waals surface area contributed by atoms with Gasteiger partial charge in [0, 0.05) is 33.6 Å². The summed E-state index contributed by atoms with van der Waals surface area (Å²) in [6.45, 7) is -0.0761. The Morgan fingerprint density at radius 2 is 2.10 bits per heavy atom. The lowest BCUT2D eigenvalue weighted by molar-refractivity contribution is -0.111. The van der Waals surface area contributed by atoms with Gasteiger partial charge in [-0.15, -0.1) is 11.3 Å². The topological polar surface area (TPSA) is 84.2 Å². The Morgan fingerprint density at radius 3 is 2.87 bits per heavy atom. The van der Waals surface area contributed by atoms with Crippen molar-refractivity contribution in [1.29, 1.82) is 5.26 Å². The molecule has 0 unspecified atom stereocenters. The molecule has 0 saturated carbocycles. The molecule has 0 bridgehead atoms. The molecule has 0 aliphatic carbocycles. The zero-order chi connectivity index (χ0) is 22.2. The predicted octanol–water partition coefficient (Wildman–Crippen LogP) is 5.60. The van der Waals surface area contributed by atoms with Crippen molar-refractivity contribution < 1.29 is 14.3 Å². The highest BCUT2D eigenvalue weighted by molar-refractivity contribution is 7.15. The van der Waals surface area contributed by atoms with Gasteiger partial charge in [-0.1, -0.05) is 29.3 Å². The van der Waals surface area contributed by atoms with Crippen LogP contribution in [0.25, 0.3) is 6.08 Å². The first-order valence-corrected chi connectivity index (χ1v) is 10.6. The number of ether oxygens (including phenoxy) is 2. The van der Waals surface area contributed by atoms with E-state index >= 15 is 0 Å². The molecule has 1 aromatic heterocycles. The number of aromatic nitrogens is 1. The van der Waals surface area contributed by atoms with E-state index in [9.17, 15) is 4.79 Å². The van der Waals surface area contributed by atoms with Gasteiger partial charge in [0.25, 0.3) is 0 Å². The van der Waals surface area contributed by atoms with Gasteiger partial charge in [-0.3, -0.25) is 10.1 Å². The van der Waals surface area contributed by atoms with Gasteiger partial charge in [0.05, 0.1) is 7.11 Å². The van der Waals surface area contributed by atoms with E-state index in [2.05, 4.69) is 10.3 Å². The average Bonchev–Trinajstić information content (AvgIpc) is 3.20. The number of anilines is 1. The lowest BCUT2D eigenvalue weighted by atomic mass is 10.1. The van der Waals surface area contributed by atoms with Gasteiger partial charge in [0.15, 0.2) is 23.2 Å². The van der Waals surface area contributed by atoms with Gasteiger partial charge in [-0.2, -0.15) is 5.26 Å². The van der Waals surface area contributed by atoms with Crippen molar-refractivity contribution in [2.75, 3.05) is 19.0 Å². The van der Waals surface area contributed by atoms with Gasteiger partial charge in [0.2, 0.25) is 5.91 Å². The number of methoxy groups -OCH3 is 1. The number of halogens is 2. The first-order chi connectivity index (χ1) is 15.0. The van der Waals surface area contributed by atoms with Crippen molar-refractivity contribution in [3.63, 3.8) is 0 Å². The van der Waals surface area contributed by atoms with Gasteiger partial charge in [-0.25, -0.2) is 4.98 Å². The zero-order valence-corrected chi connectivity index (χ0v) is 18.7. The fourth-order valence-corrected chi connectivity index (χ4v) is 3.87. The molecule has 2 aromatic carbocycles. The van der Waals surface area contributed by atoms with Gasteiger partial charge < -0.3 is 9.47 Å². The third-order valence-electron chi connectivity index (χ3n) is 4.06. The third-order valence-corrected chi connectivity index (χ3v) is 5.58. The molecule has 0 aliphatic rings. The summed E-state index contributed by atoms with van der Waals surface area (Å²) in [6.07, 6.45) is 5.32. The first-order valence-electron chi connectivity index (χ1n) is 9.04. The standard InChI is InChI=1S/C22H17Cl2N3O3S/c1-29-20-10-14(2-6-19(20)30-9-8-25)3-7-21(28)27-22-26-13-17(31-22)12-15-11-16(23)4-5-18(15)24/h2-7,10-11,13H,9,12H2,1H3,(H,26,27,28)/b7-3+. The second-order valence-electron chi connectivity index (χ2n) is 6.22. The Bertz CT molecular complexity index is 1160. The van der Waals surface area contributed by atoms with Crippen LogP contribution in [0.2, 0.25) is 10.0 Å². The van der Waals surface area contributed by atoms with Crippen molar-refractivity contribution in [2.45, 2.75) is 6.42 Å². The number of thiazole rings is 1. The number of rotatable bonds is 8.